The number of hydrogen-bond donors (Lipinski definition) is 2. The van der Waals surface area contributed by atoms with Crippen LogP contribution in [0.4, 0.5) is 10.5 Å². The molecule has 3 aromatic carbocycles. The third kappa shape index (κ3) is 4.02. The number of carbonyl (C=O) groups is 3. The molecule has 2 N–H and O–H groups in total. The van der Waals surface area contributed by atoms with Crippen molar-refractivity contribution in [1.29, 1.82) is 0 Å². The van der Waals surface area contributed by atoms with Crippen LogP contribution in [-0.2, 0) is 25.2 Å². The molecule has 1 aliphatic heterocycles. The summed E-state index contributed by atoms with van der Waals surface area (Å²) in [5.41, 5.74) is -0.469. The third-order valence-electron chi connectivity index (χ3n) is 5.80. The van der Waals surface area contributed by atoms with E-state index in [4.69, 9.17) is 0 Å². The van der Waals surface area contributed by atoms with Crippen molar-refractivity contribution in [1.82, 2.24) is 14.5 Å². The van der Waals surface area contributed by atoms with Gasteiger partial charge in [0.1, 0.15) is 12.1 Å². The predicted octanol–water partition coefficient (Wildman–Crippen LogP) is 2.50. The summed E-state index contributed by atoms with van der Waals surface area (Å²) in [5, 5.41) is 7.03. The minimum atomic E-state index is -3.69. The van der Waals surface area contributed by atoms with Crippen LogP contribution in [0.15, 0.2) is 71.6 Å². The highest BCUT2D eigenvalue weighted by atomic mass is 32.2. The topological polar surface area (TPSA) is 116 Å². The molecule has 0 saturated carbocycles. The summed E-state index contributed by atoms with van der Waals surface area (Å²) in [6, 6.07) is 18.1. The number of sulfonamides is 1. The van der Waals surface area contributed by atoms with Crippen LogP contribution in [0.1, 0.15) is 12.5 Å². The summed E-state index contributed by atoms with van der Waals surface area (Å²) < 4.78 is 25.7. The second-order valence-electron chi connectivity index (χ2n) is 8.34. The number of hydrogen-bond acceptors (Lipinski definition) is 5. The molecule has 0 bridgehead atoms. The first-order valence-corrected chi connectivity index (χ1v) is 11.9. The summed E-state index contributed by atoms with van der Waals surface area (Å²) >= 11 is 0. The molecule has 0 aliphatic carbocycles. The van der Waals surface area contributed by atoms with Crippen molar-refractivity contribution in [2.24, 2.45) is 0 Å². The Kier molecular flexibility index (Phi) is 5.88. The van der Waals surface area contributed by atoms with Crippen molar-refractivity contribution >= 4 is 44.3 Å². The maximum Gasteiger partial charge on any atom is 0.325 e. The first-order valence-electron chi connectivity index (χ1n) is 10.5. The second-order valence-corrected chi connectivity index (χ2v) is 10.5. The van der Waals surface area contributed by atoms with E-state index < -0.39 is 40.0 Å². The summed E-state index contributed by atoms with van der Waals surface area (Å²) in [6.45, 7) is 1.10. The molecule has 0 unspecified atom stereocenters. The van der Waals surface area contributed by atoms with Crippen molar-refractivity contribution in [2.45, 2.75) is 17.4 Å². The van der Waals surface area contributed by atoms with Crippen LogP contribution in [-0.4, -0.2) is 56.1 Å². The Bertz CT molecular complexity index is 1410. The number of nitrogens with zero attached hydrogens (tertiary/aromatic N) is 2. The first-order chi connectivity index (χ1) is 16.0. The van der Waals surface area contributed by atoms with Crippen molar-refractivity contribution in [2.75, 3.05) is 26.0 Å². The molecule has 4 rings (SSSR count). The van der Waals surface area contributed by atoms with Gasteiger partial charge in [-0.15, -0.1) is 0 Å². The largest absolute Gasteiger partial charge is 0.325 e. The fraction of sp³-hybridized carbons (Fsp3) is 0.208. The van der Waals surface area contributed by atoms with E-state index in [9.17, 15) is 22.8 Å². The molecule has 34 heavy (non-hydrogen) atoms. The molecule has 1 fully saturated rings. The average Bonchev–Trinajstić information content (AvgIpc) is 3.02. The van der Waals surface area contributed by atoms with Crippen molar-refractivity contribution in [3.05, 3.63) is 72.3 Å². The van der Waals surface area contributed by atoms with Gasteiger partial charge in [0, 0.05) is 19.8 Å². The van der Waals surface area contributed by atoms with Gasteiger partial charge >= 0.3 is 6.03 Å². The van der Waals surface area contributed by atoms with Gasteiger partial charge < -0.3 is 10.6 Å². The number of imide groups is 1. The molecule has 1 saturated heterocycles. The Balaban J connectivity index is 1.55. The van der Waals surface area contributed by atoms with Crippen molar-refractivity contribution < 1.29 is 22.8 Å². The molecule has 3 aromatic rings. The van der Waals surface area contributed by atoms with Gasteiger partial charge in [0.15, 0.2) is 0 Å². The quantitative estimate of drug-likeness (QED) is 0.526. The van der Waals surface area contributed by atoms with E-state index in [0.29, 0.717) is 5.56 Å². The van der Waals surface area contributed by atoms with Gasteiger partial charge in [-0.3, -0.25) is 14.5 Å². The van der Waals surface area contributed by atoms with Gasteiger partial charge in [0.2, 0.25) is 15.9 Å². The third-order valence-corrected chi connectivity index (χ3v) is 7.61. The standard InChI is InChI=1S/C24H24N4O5S/c1-24(20-13-6-9-16-8-4-5-12-19(16)20)22(30)28(23(31)26-24)15-21(29)25-17-10-7-11-18(14-17)34(32,33)27(2)3/h4-14H,15H2,1-3H3,(H,25,29)(H,26,31)/t24-/m0/s1. The number of carbonyl (C=O) groups excluding carboxylic acids is 3. The lowest BCUT2D eigenvalue weighted by Gasteiger charge is -2.24. The first kappa shape index (κ1) is 23.4. The lowest BCUT2D eigenvalue weighted by atomic mass is 9.88. The summed E-state index contributed by atoms with van der Waals surface area (Å²) in [6.07, 6.45) is 0. The summed E-state index contributed by atoms with van der Waals surface area (Å²) in [5.74, 6) is -1.18. The van der Waals surface area contributed by atoms with Gasteiger partial charge in [0.25, 0.3) is 5.91 Å². The van der Waals surface area contributed by atoms with E-state index in [-0.39, 0.29) is 10.6 Å². The minimum absolute atomic E-state index is 0.00817. The molecule has 0 spiro atoms. The Morgan fingerprint density at radius 1 is 1.03 bits per heavy atom. The number of anilines is 1. The Hall–Kier alpha value is -3.76. The van der Waals surface area contributed by atoms with Crippen LogP contribution in [0.5, 0.6) is 0 Å². The van der Waals surface area contributed by atoms with Crippen LogP contribution < -0.4 is 10.6 Å². The van der Waals surface area contributed by atoms with Crippen molar-refractivity contribution in [3.8, 4) is 0 Å². The molecule has 0 aromatic heterocycles. The van der Waals surface area contributed by atoms with Crippen LogP contribution in [0.3, 0.4) is 0 Å². The smallest absolute Gasteiger partial charge is 0.324 e. The van der Waals surface area contributed by atoms with Gasteiger partial charge in [-0.25, -0.2) is 17.5 Å². The summed E-state index contributed by atoms with van der Waals surface area (Å²) in [7, 11) is -0.870. The number of nitrogens with one attached hydrogen (secondary N) is 2. The highest BCUT2D eigenvalue weighted by molar-refractivity contribution is 7.89. The van der Waals surface area contributed by atoms with E-state index in [2.05, 4.69) is 10.6 Å². The molecule has 9 nitrogen and oxygen atoms in total. The monoisotopic (exact) mass is 480 g/mol. The van der Waals surface area contributed by atoms with E-state index in [0.717, 1.165) is 20.0 Å². The van der Waals surface area contributed by atoms with Crippen LogP contribution >= 0.6 is 0 Å². The maximum atomic E-state index is 13.3. The fourth-order valence-corrected chi connectivity index (χ4v) is 4.92. The molecular weight excluding hydrogens is 456 g/mol. The Morgan fingerprint density at radius 3 is 2.44 bits per heavy atom. The second kappa shape index (κ2) is 8.54. The van der Waals surface area contributed by atoms with E-state index in [1.165, 1.54) is 38.4 Å². The molecule has 1 aliphatic rings. The van der Waals surface area contributed by atoms with Gasteiger partial charge in [-0.1, -0.05) is 48.5 Å². The molecule has 176 valence electrons. The minimum Gasteiger partial charge on any atom is -0.324 e. The van der Waals surface area contributed by atoms with Crippen molar-refractivity contribution in [3.63, 3.8) is 0 Å². The molecule has 4 amide bonds. The zero-order valence-corrected chi connectivity index (χ0v) is 19.7. The SMILES string of the molecule is CN(C)S(=O)(=O)c1cccc(NC(=O)CN2C(=O)N[C@@](C)(c3cccc4ccccc34)C2=O)c1. The molecule has 1 atom stereocenters. The number of fused-ring (bicyclic) bond motifs is 1. The Morgan fingerprint density at radius 2 is 1.71 bits per heavy atom. The van der Waals surface area contributed by atoms with E-state index >= 15 is 0 Å². The predicted molar refractivity (Wildman–Crippen MR) is 127 cm³/mol. The highest BCUT2D eigenvalue weighted by Crippen LogP contribution is 2.33. The highest BCUT2D eigenvalue weighted by Gasteiger charge is 2.50. The molecule has 1 heterocycles. The summed E-state index contributed by atoms with van der Waals surface area (Å²) in [4.78, 5) is 39.5. The normalized spacial score (nSPS) is 18.4. The average molecular weight is 481 g/mol. The number of urea groups is 1. The van der Waals surface area contributed by atoms with Gasteiger partial charge in [0.05, 0.1) is 4.90 Å². The Labute approximate surface area is 197 Å². The molecule has 0 radical (unpaired) electrons. The number of rotatable bonds is 6. The van der Waals surface area contributed by atoms with Gasteiger partial charge in [-0.05, 0) is 41.5 Å². The molecule has 10 heteroatoms. The number of amides is 4. The van der Waals surface area contributed by atoms with E-state index in [1.54, 1.807) is 13.0 Å². The molecular formula is C24H24N4O5S. The van der Waals surface area contributed by atoms with Crippen LogP contribution in [0.25, 0.3) is 10.8 Å². The van der Waals surface area contributed by atoms with Crippen LogP contribution in [0, 0.1) is 0 Å². The zero-order chi connectivity index (χ0) is 24.7. The maximum absolute atomic E-state index is 13.3. The lowest BCUT2D eigenvalue weighted by Crippen LogP contribution is -2.42. The van der Waals surface area contributed by atoms with Gasteiger partial charge in [-0.2, -0.15) is 0 Å². The fourth-order valence-electron chi connectivity index (χ4n) is 3.97. The zero-order valence-electron chi connectivity index (χ0n) is 18.9. The lowest BCUT2D eigenvalue weighted by molar-refractivity contribution is -0.133. The van der Waals surface area contributed by atoms with Crippen LogP contribution in [0.2, 0.25) is 0 Å². The number of benzene rings is 3. The van der Waals surface area contributed by atoms with E-state index in [1.807, 2.05) is 36.4 Å².